The number of carbonyl (C=O) groups is 2. The largest absolute Gasteiger partial charge is 0.496 e. The predicted molar refractivity (Wildman–Crippen MR) is 94.6 cm³/mol. The molecule has 0 fully saturated rings. The second-order valence-corrected chi connectivity index (χ2v) is 5.71. The van der Waals surface area contributed by atoms with Crippen molar-refractivity contribution in [3.05, 3.63) is 62.9 Å². The van der Waals surface area contributed by atoms with E-state index in [0.717, 1.165) is 18.2 Å². The highest BCUT2D eigenvalue weighted by atomic mass is 35.5. The van der Waals surface area contributed by atoms with Gasteiger partial charge in [-0.25, -0.2) is 9.18 Å². The second-order valence-electron chi connectivity index (χ2n) is 5.30. The maximum absolute atomic E-state index is 13.0. The number of nitro benzene ring substituents is 1. The van der Waals surface area contributed by atoms with Crippen molar-refractivity contribution in [1.82, 2.24) is 0 Å². The summed E-state index contributed by atoms with van der Waals surface area (Å²) in [6.45, 7) is 1.30. The number of hydrogen-bond donors (Lipinski definition) is 1. The van der Waals surface area contributed by atoms with E-state index < -0.39 is 28.7 Å². The normalized spacial score (nSPS) is 11.4. The van der Waals surface area contributed by atoms with Crippen molar-refractivity contribution in [3.63, 3.8) is 0 Å². The minimum atomic E-state index is -1.26. The fourth-order valence-corrected chi connectivity index (χ4v) is 2.29. The van der Waals surface area contributed by atoms with Crippen LogP contribution in [0.15, 0.2) is 36.4 Å². The minimum Gasteiger partial charge on any atom is -0.496 e. The third-order valence-electron chi connectivity index (χ3n) is 3.46. The van der Waals surface area contributed by atoms with Gasteiger partial charge in [0.25, 0.3) is 11.6 Å². The first-order valence-corrected chi connectivity index (χ1v) is 7.90. The zero-order chi connectivity index (χ0) is 20.1. The Morgan fingerprint density at radius 3 is 2.56 bits per heavy atom. The van der Waals surface area contributed by atoms with Crippen LogP contribution in [0, 0.1) is 15.9 Å². The summed E-state index contributed by atoms with van der Waals surface area (Å²) in [5.41, 5.74) is -0.400. The van der Waals surface area contributed by atoms with Gasteiger partial charge in [0.05, 0.1) is 22.7 Å². The predicted octanol–water partition coefficient (Wildman–Crippen LogP) is 3.58. The molecule has 27 heavy (non-hydrogen) atoms. The van der Waals surface area contributed by atoms with Gasteiger partial charge in [0.2, 0.25) is 0 Å². The molecule has 8 nitrogen and oxygen atoms in total. The van der Waals surface area contributed by atoms with Gasteiger partial charge in [-0.15, -0.1) is 0 Å². The monoisotopic (exact) mass is 396 g/mol. The zero-order valence-electron chi connectivity index (χ0n) is 14.2. The Bertz CT molecular complexity index is 905. The molecule has 0 saturated heterocycles. The lowest BCUT2D eigenvalue weighted by atomic mass is 10.1. The van der Waals surface area contributed by atoms with Crippen LogP contribution in [0.2, 0.25) is 5.02 Å². The second kappa shape index (κ2) is 8.45. The van der Waals surface area contributed by atoms with E-state index in [1.165, 1.54) is 32.2 Å². The van der Waals surface area contributed by atoms with Gasteiger partial charge in [0.1, 0.15) is 17.1 Å². The molecular weight excluding hydrogens is 383 g/mol. The Balaban J connectivity index is 2.13. The number of halogens is 2. The number of ether oxygens (including phenoxy) is 2. The van der Waals surface area contributed by atoms with E-state index >= 15 is 0 Å². The minimum absolute atomic E-state index is 0.0257. The van der Waals surface area contributed by atoms with Crippen molar-refractivity contribution < 1.29 is 28.4 Å². The molecule has 1 atom stereocenters. The van der Waals surface area contributed by atoms with Crippen LogP contribution in [0.1, 0.15) is 17.3 Å². The lowest BCUT2D eigenvalue weighted by Gasteiger charge is -2.15. The van der Waals surface area contributed by atoms with Crippen molar-refractivity contribution in [2.75, 3.05) is 12.4 Å². The quantitative estimate of drug-likeness (QED) is 0.454. The molecule has 2 aromatic carbocycles. The molecule has 0 heterocycles. The van der Waals surface area contributed by atoms with Crippen LogP contribution < -0.4 is 10.1 Å². The summed E-state index contributed by atoms with van der Waals surface area (Å²) in [5.74, 6) is -2.22. The van der Waals surface area contributed by atoms with Gasteiger partial charge in [-0.1, -0.05) is 11.6 Å². The van der Waals surface area contributed by atoms with Crippen molar-refractivity contribution in [2.45, 2.75) is 13.0 Å². The molecule has 1 N–H and O–H groups in total. The van der Waals surface area contributed by atoms with Crippen LogP contribution in [0.25, 0.3) is 0 Å². The Labute approximate surface area is 158 Å². The summed E-state index contributed by atoms with van der Waals surface area (Å²) < 4.78 is 23.1. The molecule has 0 spiro atoms. The Morgan fingerprint density at radius 1 is 1.26 bits per heavy atom. The maximum Gasteiger partial charge on any atom is 0.342 e. The number of methoxy groups -OCH3 is 1. The molecule has 2 rings (SSSR count). The van der Waals surface area contributed by atoms with E-state index in [2.05, 4.69) is 5.32 Å². The van der Waals surface area contributed by atoms with Crippen molar-refractivity contribution in [1.29, 1.82) is 0 Å². The van der Waals surface area contributed by atoms with Crippen LogP contribution in [-0.4, -0.2) is 30.0 Å². The molecule has 0 radical (unpaired) electrons. The van der Waals surface area contributed by atoms with Gasteiger partial charge < -0.3 is 14.8 Å². The number of nitrogens with one attached hydrogen (secondary N) is 1. The van der Waals surface area contributed by atoms with Gasteiger partial charge in [0.15, 0.2) is 6.10 Å². The third-order valence-corrected chi connectivity index (χ3v) is 3.77. The van der Waals surface area contributed by atoms with Gasteiger partial charge in [-0.3, -0.25) is 14.9 Å². The SMILES string of the molecule is COc1ccc([N+](=O)[O-])cc1C(=O)O[C@H](C)C(=O)Nc1ccc(F)cc1Cl. The van der Waals surface area contributed by atoms with Gasteiger partial charge >= 0.3 is 5.97 Å². The van der Waals surface area contributed by atoms with Crippen molar-refractivity contribution in [3.8, 4) is 5.75 Å². The Hall–Kier alpha value is -3.20. The summed E-state index contributed by atoms with van der Waals surface area (Å²) in [6, 6.07) is 6.78. The summed E-state index contributed by atoms with van der Waals surface area (Å²) in [7, 11) is 1.28. The van der Waals surface area contributed by atoms with E-state index in [4.69, 9.17) is 21.1 Å². The topological polar surface area (TPSA) is 108 Å². The molecular formula is C17H14ClFN2O6. The molecule has 142 valence electrons. The number of rotatable bonds is 6. The first-order valence-electron chi connectivity index (χ1n) is 7.52. The van der Waals surface area contributed by atoms with Gasteiger partial charge in [0, 0.05) is 12.1 Å². The number of non-ortho nitro benzene ring substituents is 1. The number of nitrogens with zero attached hydrogens (tertiary/aromatic N) is 1. The van der Waals surface area contributed by atoms with Crippen LogP contribution in [0.5, 0.6) is 5.75 Å². The van der Waals surface area contributed by atoms with E-state index in [1.807, 2.05) is 0 Å². The molecule has 0 aliphatic heterocycles. The lowest BCUT2D eigenvalue weighted by Crippen LogP contribution is -2.30. The average molecular weight is 397 g/mol. The number of amides is 1. The summed E-state index contributed by atoms with van der Waals surface area (Å²) in [6.07, 6.45) is -1.26. The highest BCUT2D eigenvalue weighted by molar-refractivity contribution is 6.33. The third kappa shape index (κ3) is 4.91. The van der Waals surface area contributed by atoms with E-state index in [-0.39, 0.29) is 27.7 Å². The maximum atomic E-state index is 13.0. The van der Waals surface area contributed by atoms with Gasteiger partial charge in [-0.2, -0.15) is 0 Å². The van der Waals surface area contributed by atoms with Crippen molar-refractivity contribution in [2.24, 2.45) is 0 Å². The summed E-state index contributed by atoms with van der Waals surface area (Å²) in [5, 5.41) is 13.2. The number of esters is 1. The number of benzene rings is 2. The average Bonchev–Trinajstić information content (AvgIpc) is 2.63. The lowest BCUT2D eigenvalue weighted by molar-refractivity contribution is -0.384. The zero-order valence-corrected chi connectivity index (χ0v) is 15.0. The van der Waals surface area contributed by atoms with E-state index in [0.29, 0.717) is 0 Å². The molecule has 0 unspecified atom stereocenters. The highest BCUT2D eigenvalue weighted by Gasteiger charge is 2.24. The molecule has 0 saturated carbocycles. The van der Waals surface area contributed by atoms with E-state index in [9.17, 15) is 24.1 Å². The fraction of sp³-hybridized carbons (Fsp3) is 0.176. The summed E-state index contributed by atoms with van der Waals surface area (Å²) in [4.78, 5) is 34.7. The molecule has 0 aromatic heterocycles. The van der Waals surface area contributed by atoms with Crippen molar-refractivity contribution >= 4 is 34.9 Å². The molecule has 2 aromatic rings. The Morgan fingerprint density at radius 2 is 1.96 bits per heavy atom. The smallest absolute Gasteiger partial charge is 0.342 e. The van der Waals surface area contributed by atoms with Crippen LogP contribution in [0.3, 0.4) is 0 Å². The summed E-state index contributed by atoms with van der Waals surface area (Å²) >= 11 is 5.82. The van der Waals surface area contributed by atoms with Crippen LogP contribution >= 0.6 is 11.6 Å². The fourth-order valence-electron chi connectivity index (χ4n) is 2.07. The number of nitro groups is 1. The molecule has 10 heteroatoms. The molecule has 0 aliphatic carbocycles. The van der Waals surface area contributed by atoms with E-state index in [1.54, 1.807) is 0 Å². The standard InChI is InChI=1S/C17H14ClFN2O6/c1-9(16(22)20-14-5-3-10(19)7-13(14)18)27-17(23)12-8-11(21(24)25)4-6-15(12)26-2/h3-9H,1-2H3,(H,20,22)/t9-/m1/s1. The molecule has 1 amide bonds. The molecule has 0 aliphatic rings. The Kier molecular flexibility index (Phi) is 6.30. The van der Waals surface area contributed by atoms with Crippen LogP contribution in [0.4, 0.5) is 15.8 Å². The number of hydrogen-bond acceptors (Lipinski definition) is 6. The first-order chi connectivity index (χ1) is 12.7. The highest BCUT2D eigenvalue weighted by Crippen LogP contribution is 2.26. The molecule has 0 bridgehead atoms. The van der Waals surface area contributed by atoms with Gasteiger partial charge in [-0.05, 0) is 31.2 Å². The number of carbonyl (C=O) groups excluding carboxylic acids is 2. The first kappa shape index (κ1) is 20.1. The van der Waals surface area contributed by atoms with Crippen LogP contribution in [-0.2, 0) is 9.53 Å². The number of anilines is 1.